The van der Waals surface area contributed by atoms with Crippen molar-refractivity contribution < 1.29 is 0 Å². The van der Waals surface area contributed by atoms with Gasteiger partial charge in [0.15, 0.2) is 0 Å². The molecule has 2 aromatic heterocycles. The Kier molecular flexibility index (Phi) is 2.92. The summed E-state index contributed by atoms with van der Waals surface area (Å²) >= 11 is 0. The SMILES string of the molecule is c1cc(CNC[C@@H]2CCc3nccn3C2)[nH]n1. The number of H-pyrrole nitrogens is 1. The van der Waals surface area contributed by atoms with Crippen LogP contribution in [-0.2, 0) is 19.5 Å². The van der Waals surface area contributed by atoms with Crippen LogP contribution in [0, 0.1) is 5.92 Å². The second-order valence-electron chi connectivity index (χ2n) is 4.61. The molecule has 1 aliphatic heterocycles. The molecule has 5 nitrogen and oxygen atoms in total. The molecule has 0 saturated heterocycles. The average Bonchev–Trinajstić information content (AvgIpc) is 2.98. The van der Waals surface area contributed by atoms with E-state index in [1.165, 1.54) is 12.2 Å². The van der Waals surface area contributed by atoms with Crippen LogP contribution in [0.4, 0.5) is 0 Å². The number of aryl methyl sites for hydroxylation is 1. The third-order valence-corrected chi connectivity index (χ3v) is 3.34. The zero-order valence-corrected chi connectivity index (χ0v) is 9.76. The van der Waals surface area contributed by atoms with E-state index in [0.717, 1.165) is 31.7 Å². The van der Waals surface area contributed by atoms with Gasteiger partial charge in [0.2, 0.25) is 0 Å². The Labute approximate surface area is 100 Å². The Morgan fingerprint density at radius 2 is 2.47 bits per heavy atom. The quantitative estimate of drug-likeness (QED) is 0.824. The Hall–Kier alpha value is -1.62. The lowest BCUT2D eigenvalue weighted by Crippen LogP contribution is -2.29. The second-order valence-corrected chi connectivity index (χ2v) is 4.61. The lowest BCUT2D eigenvalue weighted by molar-refractivity contribution is 0.347. The number of hydrogen-bond donors (Lipinski definition) is 2. The summed E-state index contributed by atoms with van der Waals surface area (Å²) in [5.74, 6) is 1.94. The van der Waals surface area contributed by atoms with Crippen molar-refractivity contribution in [3.8, 4) is 0 Å². The summed E-state index contributed by atoms with van der Waals surface area (Å²) in [6.07, 6.45) is 8.10. The normalized spacial score (nSPS) is 19.2. The molecule has 0 aromatic carbocycles. The van der Waals surface area contributed by atoms with Gasteiger partial charge in [-0.05, 0) is 18.4 Å². The number of fused-ring (bicyclic) bond motifs is 1. The summed E-state index contributed by atoms with van der Waals surface area (Å²) in [6, 6.07) is 2.00. The van der Waals surface area contributed by atoms with Crippen LogP contribution in [-0.4, -0.2) is 26.3 Å². The maximum Gasteiger partial charge on any atom is 0.108 e. The van der Waals surface area contributed by atoms with E-state index in [2.05, 4.69) is 31.3 Å². The third-order valence-electron chi connectivity index (χ3n) is 3.34. The molecule has 2 N–H and O–H groups in total. The van der Waals surface area contributed by atoms with Crippen molar-refractivity contribution in [2.75, 3.05) is 6.54 Å². The molecule has 0 spiro atoms. The fraction of sp³-hybridized carbons (Fsp3) is 0.500. The van der Waals surface area contributed by atoms with Gasteiger partial charge in [0.05, 0.1) is 0 Å². The van der Waals surface area contributed by atoms with Gasteiger partial charge in [-0.15, -0.1) is 0 Å². The topological polar surface area (TPSA) is 58.5 Å². The van der Waals surface area contributed by atoms with Crippen molar-refractivity contribution in [2.45, 2.75) is 25.9 Å². The molecular weight excluding hydrogens is 214 g/mol. The van der Waals surface area contributed by atoms with Crippen molar-refractivity contribution in [3.63, 3.8) is 0 Å². The largest absolute Gasteiger partial charge is 0.335 e. The minimum absolute atomic E-state index is 0.708. The predicted molar refractivity (Wildman–Crippen MR) is 64.3 cm³/mol. The molecule has 1 aliphatic rings. The summed E-state index contributed by atoms with van der Waals surface area (Å²) in [4.78, 5) is 4.34. The number of rotatable bonds is 4. The lowest BCUT2D eigenvalue weighted by atomic mass is 9.99. The molecule has 0 saturated carbocycles. The van der Waals surface area contributed by atoms with Crippen LogP contribution < -0.4 is 5.32 Å². The van der Waals surface area contributed by atoms with Crippen LogP contribution in [0.15, 0.2) is 24.7 Å². The summed E-state index contributed by atoms with van der Waals surface area (Å²) in [5.41, 5.74) is 1.14. The molecule has 90 valence electrons. The first-order valence-corrected chi connectivity index (χ1v) is 6.11. The van der Waals surface area contributed by atoms with Gasteiger partial charge in [-0.1, -0.05) is 0 Å². The zero-order chi connectivity index (χ0) is 11.5. The van der Waals surface area contributed by atoms with Crippen LogP contribution in [0.25, 0.3) is 0 Å². The van der Waals surface area contributed by atoms with Crippen molar-refractivity contribution in [2.24, 2.45) is 5.92 Å². The second kappa shape index (κ2) is 4.71. The first-order valence-electron chi connectivity index (χ1n) is 6.11. The van der Waals surface area contributed by atoms with Crippen molar-refractivity contribution in [1.29, 1.82) is 0 Å². The van der Waals surface area contributed by atoms with E-state index >= 15 is 0 Å². The van der Waals surface area contributed by atoms with Crippen molar-refractivity contribution in [1.82, 2.24) is 25.1 Å². The molecule has 3 rings (SSSR count). The molecule has 0 aliphatic carbocycles. The van der Waals surface area contributed by atoms with Crippen LogP contribution in [0.5, 0.6) is 0 Å². The van der Waals surface area contributed by atoms with Crippen molar-refractivity contribution >= 4 is 0 Å². The predicted octanol–water partition coefficient (Wildman–Crippen LogP) is 0.958. The molecular formula is C12H17N5. The number of aromatic nitrogens is 4. The molecule has 0 fully saturated rings. The summed E-state index contributed by atoms with van der Waals surface area (Å²) < 4.78 is 2.27. The number of aromatic amines is 1. The maximum absolute atomic E-state index is 4.34. The van der Waals surface area contributed by atoms with E-state index < -0.39 is 0 Å². The fourth-order valence-electron chi connectivity index (χ4n) is 2.40. The van der Waals surface area contributed by atoms with Crippen LogP contribution >= 0.6 is 0 Å². The molecule has 0 amide bonds. The smallest absolute Gasteiger partial charge is 0.108 e. The molecule has 2 aromatic rings. The average molecular weight is 231 g/mol. The van der Waals surface area contributed by atoms with Gasteiger partial charge in [-0.3, -0.25) is 5.10 Å². The number of hydrogen-bond acceptors (Lipinski definition) is 3. The fourth-order valence-corrected chi connectivity index (χ4v) is 2.40. The Balaban J connectivity index is 1.48. The van der Waals surface area contributed by atoms with Crippen LogP contribution in [0.2, 0.25) is 0 Å². The Bertz CT molecular complexity index is 459. The maximum atomic E-state index is 4.34. The molecule has 17 heavy (non-hydrogen) atoms. The zero-order valence-electron chi connectivity index (χ0n) is 9.76. The Morgan fingerprint density at radius 3 is 3.35 bits per heavy atom. The summed E-state index contributed by atoms with van der Waals surface area (Å²) in [6.45, 7) is 3.01. The van der Waals surface area contributed by atoms with Gasteiger partial charge in [-0.25, -0.2) is 4.98 Å². The highest BCUT2D eigenvalue weighted by atomic mass is 15.1. The monoisotopic (exact) mass is 231 g/mol. The van der Waals surface area contributed by atoms with Gasteiger partial charge in [0.1, 0.15) is 5.82 Å². The number of nitrogens with one attached hydrogen (secondary N) is 2. The third kappa shape index (κ3) is 2.39. The first kappa shape index (κ1) is 10.5. The van der Waals surface area contributed by atoms with Gasteiger partial charge >= 0.3 is 0 Å². The van der Waals surface area contributed by atoms with E-state index in [1.54, 1.807) is 6.20 Å². The lowest BCUT2D eigenvalue weighted by Gasteiger charge is -2.23. The highest BCUT2D eigenvalue weighted by Gasteiger charge is 2.18. The molecule has 0 bridgehead atoms. The Morgan fingerprint density at radius 1 is 1.47 bits per heavy atom. The van der Waals surface area contributed by atoms with Crippen LogP contribution in [0.3, 0.4) is 0 Å². The molecule has 0 unspecified atom stereocenters. The highest BCUT2D eigenvalue weighted by molar-refractivity contribution is 4.98. The highest BCUT2D eigenvalue weighted by Crippen LogP contribution is 2.17. The first-order chi connectivity index (χ1) is 8.42. The van der Waals surface area contributed by atoms with E-state index in [9.17, 15) is 0 Å². The molecule has 1 atom stereocenters. The summed E-state index contributed by atoms with van der Waals surface area (Å²) in [5, 5.41) is 10.4. The van der Waals surface area contributed by atoms with Gasteiger partial charge in [-0.2, -0.15) is 5.10 Å². The van der Waals surface area contributed by atoms with E-state index in [-0.39, 0.29) is 0 Å². The van der Waals surface area contributed by atoms with E-state index in [1.807, 2.05) is 12.3 Å². The minimum atomic E-state index is 0.708. The van der Waals surface area contributed by atoms with Crippen LogP contribution in [0.1, 0.15) is 17.9 Å². The number of nitrogens with zero attached hydrogens (tertiary/aromatic N) is 3. The number of imidazole rings is 1. The van der Waals surface area contributed by atoms with Crippen molar-refractivity contribution in [3.05, 3.63) is 36.2 Å². The van der Waals surface area contributed by atoms with Gasteiger partial charge < -0.3 is 9.88 Å². The minimum Gasteiger partial charge on any atom is -0.335 e. The van der Waals surface area contributed by atoms with E-state index in [0.29, 0.717) is 5.92 Å². The molecule has 5 heteroatoms. The summed E-state index contributed by atoms with van der Waals surface area (Å²) in [7, 11) is 0. The molecule has 3 heterocycles. The molecule has 0 radical (unpaired) electrons. The van der Waals surface area contributed by atoms with Gasteiger partial charge in [0, 0.05) is 50.3 Å². The standard InChI is InChI=1S/C12H17N5/c1-2-12-14-5-6-17(12)9-10(1)7-13-8-11-3-4-15-16-11/h3-6,10,13H,1-2,7-9H2,(H,15,16)/t10-/m0/s1. The van der Waals surface area contributed by atoms with E-state index in [4.69, 9.17) is 0 Å². The van der Waals surface area contributed by atoms with Gasteiger partial charge in [0.25, 0.3) is 0 Å².